The zero-order chi connectivity index (χ0) is 10.9. The second-order valence-corrected chi connectivity index (χ2v) is 3.02. The number of ketones is 2. The number of carbonyl (C=O) groups is 2. The number of hydrogen-bond acceptors (Lipinski definition) is 4. The molecule has 0 fully saturated rings. The van der Waals surface area contributed by atoms with Gasteiger partial charge >= 0.3 is 0 Å². The summed E-state index contributed by atoms with van der Waals surface area (Å²) < 4.78 is 0. The molecule has 84 valence electrons. The third kappa shape index (κ3) is 2.55. The Morgan fingerprint density at radius 3 is 1.25 bits per heavy atom. The van der Waals surface area contributed by atoms with Crippen molar-refractivity contribution in [1.29, 1.82) is 10.5 Å². The predicted molar refractivity (Wildman–Crippen MR) is 61.5 cm³/mol. The number of hydrogen-bond donors (Lipinski definition) is 0. The molecule has 4 nitrogen and oxygen atoms in total. The van der Waals surface area contributed by atoms with Crippen LogP contribution in [0.3, 0.4) is 0 Å². The molecule has 16 heavy (non-hydrogen) atoms. The van der Waals surface area contributed by atoms with E-state index in [0.29, 0.717) is 0 Å². The average molecular weight is 300 g/mol. The van der Waals surface area contributed by atoms with Gasteiger partial charge in [0.1, 0.15) is 33.3 Å². The Balaban J connectivity index is 0. The van der Waals surface area contributed by atoms with Crippen LogP contribution >= 0.6 is 48.0 Å². The molecular weight excluding hydrogens is 298 g/mol. The number of nitrogens with zero attached hydrogens (tertiary/aromatic N) is 2. The van der Waals surface area contributed by atoms with Crippen LogP contribution in [0.4, 0.5) is 0 Å². The zero-order valence-electron chi connectivity index (χ0n) is 7.28. The molecule has 0 heterocycles. The van der Waals surface area contributed by atoms with Gasteiger partial charge in [-0.2, -0.15) is 10.5 Å². The van der Waals surface area contributed by atoms with Crippen molar-refractivity contribution in [3.05, 3.63) is 21.2 Å². The summed E-state index contributed by atoms with van der Waals surface area (Å²) in [6, 6.07) is 2.89. The van der Waals surface area contributed by atoms with Crippen molar-refractivity contribution in [3.8, 4) is 12.1 Å². The molecular formula is C8H2Cl4N2O2. The third-order valence-electron chi connectivity index (χ3n) is 1.52. The monoisotopic (exact) mass is 298 g/mol. The van der Waals surface area contributed by atoms with Crippen LogP contribution in [-0.4, -0.2) is 11.6 Å². The largest absolute Gasteiger partial charge is 0.287 e. The maximum absolute atomic E-state index is 11.2. The highest BCUT2D eigenvalue weighted by Crippen LogP contribution is 2.28. The zero-order valence-corrected chi connectivity index (χ0v) is 10.4. The standard InChI is InChI=1S/C8Cl2N2O2.2ClH/c9-5-6(10)8(14)4(2-12)3(1-11)7(5)13;;/h;2*1H. The fourth-order valence-corrected chi connectivity index (χ4v) is 1.22. The van der Waals surface area contributed by atoms with Crippen molar-refractivity contribution < 1.29 is 9.59 Å². The summed E-state index contributed by atoms with van der Waals surface area (Å²) in [6.45, 7) is 0. The van der Waals surface area contributed by atoms with Crippen LogP contribution in [0.1, 0.15) is 0 Å². The van der Waals surface area contributed by atoms with E-state index in [1.807, 2.05) is 0 Å². The first-order valence-electron chi connectivity index (χ1n) is 3.23. The molecule has 1 rings (SSSR count). The van der Waals surface area contributed by atoms with Crippen LogP contribution < -0.4 is 0 Å². The second kappa shape index (κ2) is 6.52. The lowest BCUT2D eigenvalue weighted by Gasteiger charge is -2.08. The fraction of sp³-hybridized carbons (Fsp3) is 0. The number of rotatable bonds is 0. The van der Waals surface area contributed by atoms with Crippen LogP contribution in [0.5, 0.6) is 0 Å². The van der Waals surface area contributed by atoms with Gasteiger partial charge in [0.15, 0.2) is 0 Å². The van der Waals surface area contributed by atoms with Crippen LogP contribution in [0.25, 0.3) is 0 Å². The Labute approximate surface area is 113 Å². The highest BCUT2D eigenvalue weighted by molar-refractivity contribution is 6.59. The first-order chi connectivity index (χ1) is 6.54. The van der Waals surface area contributed by atoms with Gasteiger partial charge in [-0.05, 0) is 0 Å². The maximum Gasteiger partial charge on any atom is 0.218 e. The van der Waals surface area contributed by atoms with Crippen LogP contribution in [0.15, 0.2) is 21.2 Å². The Bertz CT molecular complexity index is 449. The van der Waals surface area contributed by atoms with Gasteiger partial charge in [-0.3, -0.25) is 9.59 Å². The molecule has 0 unspecified atom stereocenters. The van der Waals surface area contributed by atoms with Gasteiger partial charge in [-0.25, -0.2) is 0 Å². The molecule has 0 spiro atoms. The summed E-state index contributed by atoms with van der Waals surface area (Å²) in [5, 5.41) is 16.0. The summed E-state index contributed by atoms with van der Waals surface area (Å²) in [7, 11) is 0. The molecule has 1 aliphatic carbocycles. The van der Waals surface area contributed by atoms with Gasteiger partial charge in [-0.15, -0.1) is 24.8 Å². The number of allylic oxidation sites excluding steroid dienone is 4. The normalized spacial score (nSPS) is 14.8. The molecule has 1 aliphatic rings. The molecule has 0 bridgehead atoms. The summed E-state index contributed by atoms with van der Waals surface area (Å²) in [6.07, 6.45) is 0. The Kier molecular flexibility index (Phi) is 7.08. The van der Waals surface area contributed by atoms with Crippen LogP contribution in [-0.2, 0) is 9.59 Å². The summed E-state index contributed by atoms with van der Waals surface area (Å²) in [4.78, 5) is 22.4. The van der Waals surface area contributed by atoms with E-state index in [1.54, 1.807) is 0 Å². The number of nitriles is 2. The van der Waals surface area contributed by atoms with E-state index in [4.69, 9.17) is 33.7 Å². The highest BCUT2D eigenvalue weighted by atomic mass is 35.5. The lowest BCUT2D eigenvalue weighted by atomic mass is 9.96. The van der Waals surface area contributed by atoms with Gasteiger partial charge in [-0.1, -0.05) is 23.2 Å². The minimum atomic E-state index is -0.893. The van der Waals surface area contributed by atoms with Crippen molar-refractivity contribution >= 4 is 59.6 Å². The minimum absolute atomic E-state index is 0. The molecule has 0 aromatic rings. The molecule has 0 aromatic heterocycles. The summed E-state index contributed by atoms with van der Waals surface area (Å²) in [5.74, 6) is -1.79. The van der Waals surface area contributed by atoms with E-state index < -0.39 is 32.8 Å². The molecule has 0 aliphatic heterocycles. The van der Waals surface area contributed by atoms with Gasteiger partial charge in [0.2, 0.25) is 11.6 Å². The molecule has 0 amide bonds. The van der Waals surface area contributed by atoms with Crippen molar-refractivity contribution in [2.24, 2.45) is 0 Å². The van der Waals surface area contributed by atoms with Gasteiger partial charge < -0.3 is 0 Å². The minimum Gasteiger partial charge on any atom is -0.287 e. The molecule has 0 N–H and O–H groups in total. The third-order valence-corrected chi connectivity index (χ3v) is 2.34. The Morgan fingerprint density at radius 1 is 0.812 bits per heavy atom. The molecule has 0 radical (unpaired) electrons. The quantitative estimate of drug-likeness (QED) is 0.641. The van der Waals surface area contributed by atoms with Crippen LogP contribution in [0, 0.1) is 22.7 Å². The number of carbonyl (C=O) groups excluding carboxylic acids is 2. The SMILES string of the molecule is Cl.Cl.N#CC1=C(C#N)C(=O)C(Cl)=C(Cl)C1=O. The fourth-order valence-electron chi connectivity index (χ4n) is 0.859. The maximum atomic E-state index is 11.2. The predicted octanol–water partition coefficient (Wildman–Crippen LogP) is 2.01. The molecule has 0 saturated carbocycles. The first-order valence-corrected chi connectivity index (χ1v) is 3.99. The van der Waals surface area contributed by atoms with Crippen molar-refractivity contribution in [2.45, 2.75) is 0 Å². The molecule has 8 heteroatoms. The van der Waals surface area contributed by atoms with E-state index >= 15 is 0 Å². The van der Waals surface area contributed by atoms with E-state index in [1.165, 1.54) is 12.1 Å². The highest BCUT2D eigenvalue weighted by Gasteiger charge is 2.33. The van der Waals surface area contributed by atoms with Gasteiger partial charge in [0, 0.05) is 0 Å². The molecule has 0 saturated heterocycles. The number of halogens is 4. The topological polar surface area (TPSA) is 81.7 Å². The van der Waals surface area contributed by atoms with E-state index in [-0.39, 0.29) is 24.8 Å². The molecule has 0 atom stereocenters. The van der Waals surface area contributed by atoms with E-state index in [0.717, 1.165) is 0 Å². The molecule has 0 aromatic carbocycles. The lowest BCUT2D eigenvalue weighted by Crippen LogP contribution is -2.18. The Hall–Kier alpha value is -1.04. The summed E-state index contributed by atoms with van der Waals surface area (Å²) in [5.41, 5.74) is -1.13. The van der Waals surface area contributed by atoms with Gasteiger partial charge in [0.05, 0.1) is 0 Å². The average Bonchev–Trinajstić information content (AvgIpc) is 2.20. The van der Waals surface area contributed by atoms with Crippen LogP contribution in [0.2, 0.25) is 0 Å². The van der Waals surface area contributed by atoms with Crippen molar-refractivity contribution in [2.75, 3.05) is 0 Å². The second-order valence-electron chi connectivity index (χ2n) is 2.26. The van der Waals surface area contributed by atoms with Crippen molar-refractivity contribution in [3.63, 3.8) is 0 Å². The number of Topliss-reactive ketones (excluding diaryl/α,β-unsaturated/α-hetero) is 2. The lowest BCUT2D eigenvalue weighted by molar-refractivity contribution is -0.115. The van der Waals surface area contributed by atoms with Gasteiger partial charge in [0.25, 0.3) is 0 Å². The first kappa shape index (κ1) is 17.4. The van der Waals surface area contributed by atoms with Crippen molar-refractivity contribution in [1.82, 2.24) is 0 Å². The van der Waals surface area contributed by atoms with E-state index in [9.17, 15) is 9.59 Å². The summed E-state index contributed by atoms with van der Waals surface area (Å²) >= 11 is 10.8. The smallest absolute Gasteiger partial charge is 0.218 e. The van der Waals surface area contributed by atoms with E-state index in [2.05, 4.69) is 0 Å². The Morgan fingerprint density at radius 2 is 1.06 bits per heavy atom.